The van der Waals surface area contributed by atoms with Gasteiger partial charge >= 0.3 is 0 Å². The number of ether oxygens (including phenoxy) is 3. The maximum Gasteiger partial charge on any atom is 0.229 e. The van der Waals surface area contributed by atoms with E-state index in [1.165, 1.54) is 0 Å². The van der Waals surface area contributed by atoms with Crippen molar-refractivity contribution in [3.63, 3.8) is 0 Å². The number of benzene rings is 1. The SMILES string of the molecule is COc1ccc(-c2ccc3c(N4CCOCC4)nc(N4CC(C)OC(C)C4)nc3n2)cc1CNC(CO)CCSC. The first-order valence-corrected chi connectivity index (χ1v) is 15.8. The van der Waals surface area contributed by atoms with Crippen LogP contribution in [0.5, 0.6) is 5.75 Å². The average Bonchev–Trinajstić information content (AvgIpc) is 3.00. The maximum absolute atomic E-state index is 9.81. The molecule has 0 spiro atoms. The summed E-state index contributed by atoms with van der Waals surface area (Å²) in [6.45, 7) is 9.25. The molecule has 0 saturated carbocycles. The first-order valence-electron chi connectivity index (χ1n) is 14.4. The first-order chi connectivity index (χ1) is 20.0. The second kappa shape index (κ2) is 14.0. The van der Waals surface area contributed by atoms with E-state index in [9.17, 15) is 5.11 Å². The molecule has 2 aliphatic rings. The van der Waals surface area contributed by atoms with Crippen LogP contribution in [0.3, 0.4) is 0 Å². The Morgan fingerprint density at radius 1 is 1.07 bits per heavy atom. The van der Waals surface area contributed by atoms with Crippen LogP contribution in [0, 0.1) is 0 Å². The van der Waals surface area contributed by atoms with Gasteiger partial charge in [0.1, 0.15) is 11.6 Å². The van der Waals surface area contributed by atoms with Crippen LogP contribution >= 0.6 is 11.8 Å². The summed E-state index contributed by atoms with van der Waals surface area (Å²) in [5.74, 6) is 3.39. The molecule has 3 aromatic rings. The van der Waals surface area contributed by atoms with Crippen molar-refractivity contribution < 1.29 is 19.3 Å². The van der Waals surface area contributed by atoms with E-state index in [0.717, 1.165) is 72.1 Å². The number of rotatable bonds is 11. The summed E-state index contributed by atoms with van der Waals surface area (Å²) in [5, 5.41) is 14.2. The highest BCUT2D eigenvalue weighted by Crippen LogP contribution is 2.31. The van der Waals surface area contributed by atoms with Crippen LogP contribution in [0.4, 0.5) is 11.8 Å². The Hall–Kier alpha value is -2.70. The molecule has 10 nitrogen and oxygen atoms in total. The van der Waals surface area contributed by atoms with Gasteiger partial charge in [0.25, 0.3) is 0 Å². The molecule has 0 amide bonds. The van der Waals surface area contributed by atoms with E-state index in [2.05, 4.69) is 47.4 Å². The fraction of sp³-hybridized carbons (Fsp3) is 0.567. The molecular weight excluding hydrogens is 540 g/mol. The second-order valence-electron chi connectivity index (χ2n) is 10.7. The lowest BCUT2D eigenvalue weighted by Crippen LogP contribution is -2.46. The van der Waals surface area contributed by atoms with Crippen LogP contribution in [0.15, 0.2) is 30.3 Å². The number of methoxy groups -OCH3 is 1. The molecule has 41 heavy (non-hydrogen) atoms. The summed E-state index contributed by atoms with van der Waals surface area (Å²) < 4.78 is 17.2. The molecule has 5 rings (SSSR count). The highest BCUT2D eigenvalue weighted by molar-refractivity contribution is 7.98. The molecule has 0 radical (unpaired) electrons. The molecule has 1 aromatic carbocycles. The summed E-state index contributed by atoms with van der Waals surface area (Å²) in [7, 11) is 1.68. The van der Waals surface area contributed by atoms with Crippen LogP contribution in [-0.4, -0.2) is 103 Å². The molecule has 11 heteroatoms. The number of hydrogen-bond acceptors (Lipinski definition) is 11. The van der Waals surface area contributed by atoms with Crippen LogP contribution in [-0.2, 0) is 16.0 Å². The summed E-state index contributed by atoms with van der Waals surface area (Å²) in [4.78, 5) is 19.6. The molecule has 0 bridgehead atoms. The predicted molar refractivity (Wildman–Crippen MR) is 165 cm³/mol. The second-order valence-corrected chi connectivity index (χ2v) is 11.7. The van der Waals surface area contributed by atoms with Crippen molar-refractivity contribution in [2.75, 3.05) is 74.9 Å². The Balaban J connectivity index is 1.50. The van der Waals surface area contributed by atoms with Crippen molar-refractivity contribution in [2.24, 2.45) is 0 Å². The van der Waals surface area contributed by atoms with Gasteiger partial charge < -0.3 is 34.4 Å². The summed E-state index contributed by atoms with van der Waals surface area (Å²) >= 11 is 1.78. The van der Waals surface area contributed by atoms with Crippen molar-refractivity contribution in [3.05, 3.63) is 35.9 Å². The zero-order valence-corrected chi connectivity index (χ0v) is 25.3. The number of nitrogens with one attached hydrogen (secondary N) is 1. The molecule has 2 aliphatic heterocycles. The largest absolute Gasteiger partial charge is 0.496 e. The molecule has 2 saturated heterocycles. The van der Waals surface area contributed by atoms with E-state index in [4.69, 9.17) is 29.2 Å². The predicted octanol–water partition coefficient (Wildman–Crippen LogP) is 3.35. The number of anilines is 2. The molecule has 0 aliphatic carbocycles. The zero-order valence-electron chi connectivity index (χ0n) is 24.5. The number of morpholine rings is 2. The van der Waals surface area contributed by atoms with Crippen molar-refractivity contribution in [1.29, 1.82) is 0 Å². The van der Waals surface area contributed by atoms with Crippen LogP contribution in [0.25, 0.3) is 22.3 Å². The number of aliphatic hydroxyl groups excluding tert-OH is 1. The summed E-state index contributed by atoms with van der Waals surface area (Å²) in [5.41, 5.74) is 3.51. The third-order valence-corrected chi connectivity index (χ3v) is 8.23. The maximum atomic E-state index is 9.81. The van der Waals surface area contributed by atoms with Gasteiger partial charge in [0, 0.05) is 49.9 Å². The van der Waals surface area contributed by atoms with Gasteiger partial charge in [-0.3, -0.25) is 0 Å². The quantitative estimate of drug-likeness (QED) is 0.348. The topological polar surface area (TPSA) is 105 Å². The number of hydrogen-bond donors (Lipinski definition) is 2. The van der Waals surface area contributed by atoms with Crippen molar-refractivity contribution in [2.45, 2.75) is 45.1 Å². The van der Waals surface area contributed by atoms with Gasteiger partial charge in [-0.25, -0.2) is 4.98 Å². The van der Waals surface area contributed by atoms with E-state index in [0.29, 0.717) is 31.4 Å². The average molecular weight is 583 g/mol. The van der Waals surface area contributed by atoms with E-state index < -0.39 is 0 Å². The van der Waals surface area contributed by atoms with E-state index >= 15 is 0 Å². The highest BCUT2D eigenvalue weighted by atomic mass is 32.2. The van der Waals surface area contributed by atoms with Gasteiger partial charge in [0.2, 0.25) is 5.95 Å². The summed E-state index contributed by atoms with van der Waals surface area (Å²) in [6, 6.07) is 10.3. The van der Waals surface area contributed by atoms with E-state index in [1.54, 1.807) is 18.9 Å². The van der Waals surface area contributed by atoms with Gasteiger partial charge in [-0.15, -0.1) is 0 Å². The molecule has 2 aromatic heterocycles. The Morgan fingerprint density at radius 3 is 2.56 bits per heavy atom. The molecule has 2 N–H and O–H groups in total. The summed E-state index contributed by atoms with van der Waals surface area (Å²) in [6.07, 6.45) is 3.18. The van der Waals surface area contributed by atoms with Gasteiger partial charge in [-0.05, 0) is 62.6 Å². The van der Waals surface area contributed by atoms with Gasteiger partial charge in [0.15, 0.2) is 5.65 Å². The number of fused-ring (bicyclic) bond motifs is 1. The lowest BCUT2D eigenvalue weighted by molar-refractivity contribution is -0.00570. The van der Waals surface area contributed by atoms with Gasteiger partial charge in [-0.1, -0.05) is 0 Å². The van der Waals surface area contributed by atoms with Crippen LogP contribution in [0.2, 0.25) is 0 Å². The fourth-order valence-electron chi connectivity index (χ4n) is 5.49. The van der Waals surface area contributed by atoms with Crippen molar-refractivity contribution in [1.82, 2.24) is 20.3 Å². The van der Waals surface area contributed by atoms with E-state index in [1.807, 2.05) is 18.2 Å². The van der Waals surface area contributed by atoms with Crippen molar-refractivity contribution in [3.8, 4) is 17.0 Å². The number of aromatic nitrogens is 3. The van der Waals surface area contributed by atoms with Gasteiger partial charge in [-0.2, -0.15) is 21.7 Å². The molecular formula is C30H42N6O4S. The minimum atomic E-state index is 0.0361. The lowest BCUT2D eigenvalue weighted by atomic mass is 10.1. The molecule has 222 valence electrons. The molecule has 3 unspecified atom stereocenters. The number of thioether (sulfide) groups is 1. The Morgan fingerprint density at radius 2 is 1.85 bits per heavy atom. The number of pyridine rings is 1. The van der Waals surface area contributed by atoms with Crippen molar-refractivity contribution >= 4 is 34.6 Å². The lowest BCUT2D eigenvalue weighted by Gasteiger charge is -2.36. The molecule has 4 heterocycles. The minimum Gasteiger partial charge on any atom is -0.496 e. The fourth-order valence-corrected chi connectivity index (χ4v) is 6.01. The Kier molecular flexibility index (Phi) is 10.2. The van der Waals surface area contributed by atoms with Gasteiger partial charge in [0.05, 0.1) is 50.2 Å². The zero-order chi connectivity index (χ0) is 28.8. The normalized spacial score (nSPS) is 20.4. The molecule has 3 atom stereocenters. The van der Waals surface area contributed by atoms with Crippen LogP contribution < -0.4 is 19.9 Å². The monoisotopic (exact) mass is 582 g/mol. The van der Waals surface area contributed by atoms with Crippen LogP contribution in [0.1, 0.15) is 25.8 Å². The highest BCUT2D eigenvalue weighted by Gasteiger charge is 2.27. The first kappa shape index (κ1) is 29.8. The minimum absolute atomic E-state index is 0.0361. The Bertz CT molecular complexity index is 1300. The number of nitrogens with zero attached hydrogens (tertiary/aromatic N) is 5. The van der Waals surface area contributed by atoms with E-state index in [-0.39, 0.29) is 24.9 Å². The number of aliphatic hydroxyl groups is 1. The third-order valence-electron chi connectivity index (χ3n) is 7.59. The Labute approximate surface area is 246 Å². The smallest absolute Gasteiger partial charge is 0.229 e. The third kappa shape index (κ3) is 7.21. The standard InChI is InChI=1S/C30H42N6O4S/c1-20-17-36(18-21(2)40-20)30-33-28-25(29(34-30)35-10-12-39-13-11-35)6-7-26(32-28)22-5-8-27(38-3)23(15-22)16-31-24(19-37)9-14-41-4/h5-8,15,20-21,24,31,37H,9-14,16-19H2,1-4H3. The molecule has 2 fully saturated rings.